The third-order valence-electron chi connectivity index (χ3n) is 4.80. The van der Waals surface area contributed by atoms with Crippen LogP contribution in [0.3, 0.4) is 0 Å². The first-order chi connectivity index (χ1) is 10.2. The van der Waals surface area contributed by atoms with Gasteiger partial charge in [-0.2, -0.15) is 0 Å². The van der Waals surface area contributed by atoms with E-state index in [1.54, 1.807) is 6.07 Å². The molecule has 2 heterocycles. The van der Waals surface area contributed by atoms with Gasteiger partial charge in [-0.25, -0.2) is 4.39 Å². The Morgan fingerprint density at radius 3 is 2.95 bits per heavy atom. The number of fused-ring (bicyclic) bond motifs is 2. The lowest BCUT2D eigenvalue weighted by Crippen LogP contribution is -2.42. The summed E-state index contributed by atoms with van der Waals surface area (Å²) in [6.45, 7) is 3.14. The van der Waals surface area contributed by atoms with Crippen molar-refractivity contribution in [3.63, 3.8) is 0 Å². The number of hydrogen-bond donors (Lipinski definition) is 1. The number of benzene rings is 1. The van der Waals surface area contributed by atoms with Crippen molar-refractivity contribution in [1.29, 1.82) is 0 Å². The molecule has 4 unspecified atom stereocenters. The molecule has 21 heavy (non-hydrogen) atoms. The molecular weight excluding hydrogens is 289 g/mol. The minimum Gasteiger partial charge on any atom is -0.375 e. The monoisotopic (exact) mass is 311 g/mol. The summed E-state index contributed by atoms with van der Waals surface area (Å²) in [6, 6.07) is 5.41. The van der Waals surface area contributed by atoms with Gasteiger partial charge in [-0.3, -0.25) is 0 Å². The maximum Gasteiger partial charge on any atom is 0.142 e. The lowest BCUT2D eigenvalue weighted by Gasteiger charge is -2.30. The average Bonchev–Trinajstić information content (AvgIpc) is 3.10. The molecule has 0 saturated carbocycles. The van der Waals surface area contributed by atoms with Gasteiger partial charge < -0.3 is 10.1 Å². The molecule has 4 heteroatoms. The zero-order chi connectivity index (χ0) is 14.8. The summed E-state index contributed by atoms with van der Waals surface area (Å²) in [6.07, 6.45) is 6.16. The second-order valence-corrected chi connectivity index (χ2v) is 6.63. The van der Waals surface area contributed by atoms with E-state index in [1.165, 1.54) is 12.5 Å². The van der Waals surface area contributed by atoms with Gasteiger partial charge in [0.15, 0.2) is 0 Å². The van der Waals surface area contributed by atoms with E-state index >= 15 is 0 Å². The van der Waals surface area contributed by atoms with Gasteiger partial charge >= 0.3 is 0 Å². The fourth-order valence-corrected chi connectivity index (χ4v) is 3.95. The van der Waals surface area contributed by atoms with Crippen molar-refractivity contribution in [2.45, 2.75) is 57.3 Å². The molecule has 2 bridgehead atoms. The zero-order valence-electron chi connectivity index (χ0n) is 12.4. The third-order valence-corrected chi connectivity index (χ3v) is 5.22. The maximum atomic E-state index is 13.6. The minimum atomic E-state index is -0.326. The van der Waals surface area contributed by atoms with Crippen molar-refractivity contribution in [2.75, 3.05) is 6.54 Å². The smallest absolute Gasteiger partial charge is 0.142 e. The molecule has 116 valence electrons. The Morgan fingerprint density at radius 1 is 1.43 bits per heavy atom. The highest BCUT2D eigenvalue weighted by molar-refractivity contribution is 6.31. The van der Waals surface area contributed by atoms with Crippen molar-refractivity contribution < 1.29 is 9.13 Å². The third kappa shape index (κ3) is 3.25. The lowest BCUT2D eigenvalue weighted by atomic mass is 9.81. The van der Waals surface area contributed by atoms with E-state index in [2.05, 4.69) is 12.2 Å². The second-order valence-electron chi connectivity index (χ2n) is 6.25. The number of halogens is 2. The summed E-state index contributed by atoms with van der Waals surface area (Å²) < 4.78 is 19.6. The molecular formula is C17H23ClFNO. The van der Waals surface area contributed by atoms with Gasteiger partial charge in [-0.05, 0) is 50.3 Å². The number of hydrogen-bond acceptors (Lipinski definition) is 2. The molecule has 2 aliphatic rings. The summed E-state index contributed by atoms with van der Waals surface area (Å²) in [4.78, 5) is 0. The quantitative estimate of drug-likeness (QED) is 0.858. The van der Waals surface area contributed by atoms with Crippen LogP contribution in [0.25, 0.3) is 0 Å². The summed E-state index contributed by atoms with van der Waals surface area (Å²) in [5.41, 5.74) is 0.896. The van der Waals surface area contributed by atoms with Crippen molar-refractivity contribution in [3.05, 3.63) is 34.6 Å². The SMILES string of the molecule is CCCNC(Cc1cccc(F)c1Cl)C1CC2CCC1O2. The Kier molecular flexibility index (Phi) is 4.82. The molecule has 2 fully saturated rings. The van der Waals surface area contributed by atoms with E-state index in [0.717, 1.165) is 37.8 Å². The largest absolute Gasteiger partial charge is 0.375 e. The number of rotatable bonds is 6. The molecule has 1 aromatic carbocycles. The summed E-state index contributed by atoms with van der Waals surface area (Å²) >= 11 is 6.12. The first-order valence-corrected chi connectivity index (χ1v) is 8.38. The molecule has 0 radical (unpaired) electrons. The topological polar surface area (TPSA) is 21.3 Å². The molecule has 1 aromatic rings. The van der Waals surface area contributed by atoms with Gasteiger partial charge in [-0.15, -0.1) is 0 Å². The lowest BCUT2D eigenvalue weighted by molar-refractivity contribution is 0.0857. The van der Waals surface area contributed by atoms with Gasteiger partial charge in [0, 0.05) is 12.0 Å². The second kappa shape index (κ2) is 6.64. The Bertz CT molecular complexity index is 496. The van der Waals surface area contributed by atoms with Crippen LogP contribution in [0.1, 0.15) is 38.2 Å². The first-order valence-electron chi connectivity index (χ1n) is 8.00. The van der Waals surface area contributed by atoms with Gasteiger partial charge in [0.2, 0.25) is 0 Å². The zero-order valence-corrected chi connectivity index (χ0v) is 13.2. The fraction of sp³-hybridized carbons (Fsp3) is 0.647. The van der Waals surface area contributed by atoms with E-state index in [4.69, 9.17) is 16.3 Å². The Balaban J connectivity index is 1.74. The predicted octanol–water partition coefficient (Wildman–Crippen LogP) is 3.96. The van der Waals surface area contributed by atoms with Crippen LogP contribution >= 0.6 is 11.6 Å². The van der Waals surface area contributed by atoms with Crippen LogP contribution in [0.15, 0.2) is 18.2 Å². The highest BCUT2D eigenvalue weighted by Crippen LogP contribution is 2.41. The first kappa shape index (κ1) is 15.3. The fourth-order valence-electron chi connectivity index (χ4n) is 3.75. The van der Waals surface area contributed by atoms with Gasteiger partial charge in [0.05, 0.1) is 17.2 Å². The van der Waals surface area contributed by atoms with Crippen LogP contribution in [0.5, 0.6) is 0 Å². The highest BCUT2D eigenvalue weighted by atomic mass is 35.5. The Labute approximate surface area is 131 Å². The van der Waals surface area contributed by atoms with Crippen LogP contribution in [0.4, 0.5) is 4.39 Å². The van der Waals surface area contributed by atoms with Crippen LogP contribution < -0.4 is 5.32 Å². The predicted molar refractivity (Wildman–Crippen MR) is 83.2 cm³/mol. The van der Waals surface area contributed by atoms with Crippen molar-refractivity contribution in [3.8, 4) is 0 Å². The molecule has 3 rings (SSSR count). The van der Waals surface area contributed by atoms with E-state index in [1.807, 2.05) is 6.07 Å². The van der Waals surface area contributed by atoms with E-state index in [9.17, 15) is 4.39 Å². The van der Waals surface area contributed by atoms with Crippen LogP contribution in [-0.2, 0) is 11.2 Å². The molecule has 2 aliphatic heterocycles. The average molecular weight is 312 g/mol. The number of ether oxygens (including phenoxy) is 1. The van der Waals surface area contributed by atoms with Crippen LogP contribution in [0, 0.1) is 11.7 Å². The summed E-state index contributed by atoms with van der Waals surface area (Å²) in [5.74, 6) is 0.197. The molecule has 0 aromatic heterocycles. The molecule has 0 amide bonds. The summed E-state index contributed by atoms with van der Waals surface area (Å²) in [5, 5.41) is 3.90. The van der Waals surface area contributed by atoms with Crippen molar-refractivity contribution >= 4 is 11.6 Å². The van der Waals surface area contributed by atoms with E-state index < -0.39 is 0 Å². The standard InChI is InChI=1S/C17H23ClFNO/c1-2-8-20-15(13-10-12-6-7-16(13)21-12)9-11-4-3-5-14(19)17(11)18/h3-5,12-13,15-16,20H,2,6-10H2,1H3. The molecule has 1 N–H and O–H groups in total. The Morgan fingerprint density at radius 2 is 2.29 bits per heavy atom. The van der Waals surface area contributed by atoms with Crippen LogP contribution in [-0.4, -0.2) is 24.8 Å². The van der Waals surface area contributed by atoms with Gasteiger partial charge in [-0.1, -0.05) is 30.7 Å². The molecule has 0 spiro atoms. The Hall–Kier alpha value is -0.640. The maximum absolute atomic E-state index is 13.6. The van der Waals surface area contributed by atoms with Gasteiger partial charge in [0.25, 0.3) is 0 Å². The molecule has 2 saturated heterocycles. The highest BCUT2D eigenvalue weighted by Gasteiger charge is 2.44. The van der Waals surface area contributed by atoms with Gasteiger partial charge in [0.1, 0.15) is 5.82 Å². The van der Waals surface area contributed by atoms with Crippen molar-refractivity contribution in [1.82, 2.24) is 5.32 Å². The molecule has 4 atom stereocenters. The van der Waals surface area contributed by atoms with Crippen molar-refractivity contribution in [2.24, 2.45) is 5.92 Å². The normalized spacial score (nSPS) is 29.0. The summed E-state index contributed by atoms with van der Waals surface area (Å²) in [7, 11) is 0. The minimum absolute atomic E-state index is 0.268. The number of nitrogens with one attached hydrogen (secondary N) is 1. The van der Waals surface area contributed by atoms with E-state index in [-0.39, 0.29) is 10.8 Å². The van der Waals surface area contributed by atoms with Crippen LogP contribution in [0.2, 0.25) is 5.02 Å². The van der Waals surface area contributed by atoms with E-state index in [0.29, 0.717) is 24.2 Å². The molecule has 2 nitrogen and oxygen atoms in total. The molecule has 0 aliphatic carbocycles.